The Morgan fingerprint density at radius 1 is 0.947 bits per heavy atom. The van der Waals surface area contributed by atoms with Crippen molar-refractivity contribution in [3.05, 3.63) is 59.2 Å². The molecule has 2 nitrogen and oxygen atoms in total. The van der Waals surface area contributed by atoms with E-state index in [-0.39, 0.29) is 0 Å². The lowest BCUT2D eigenvalue weighted by molar-refractivity contribution is 0.803. The van der Waals surface area contributed by atoms with Gasteiger partial charge in [-0.3, -0.25) is 0 Å². The van der Waals surface area contributed by atoms with E-state index in [1.807, 2.05) is 6.07 Å². The molecule has 2 aromatic rings. The average Bonchev–Trinajstić information content (AvgIpc) is 2.64. The Balaban J connectivity index is 1.87. The highest BCUT2D eigenvalue weighted by molar-refractivity contribution is 5.61. The predicted octanol–water partition coefficient (Wildman–Crippen LogP) is 3.18. The minimum Gasteiger partial charge on any atom is -0.399 e. The highest BCUT2D eigenvalue weighted by Gasteiger charge is 2.15. The Hall–Kier alpha value is -1.96. The maximum atomic E-state index is 5.93. The fourth-order valence-electron chi connectivity index (χ4n) is 2.88. The van der Waals surface area contributed by atoms with Gasteiger partial charge in [-0.25, -0.2) is 0 Å². The first-order valence-corrected chi connectivity index (χ1v) is 6.92. The normalized spacial score (nSPS) is 14.9. The zero-order valence-electron chi connectivity index (χ0n) is 11.4. The monoisotopic (exact) mass is 252 g/mol. The van der Waals surface area contributed by atoms with Gasteiger partial charge in [-0.2, -0.15) is 0 Å². The Labute approximate surface area is 114 Å². The SMILES string of the molecule is Cc1ccc(N)cc1N1CCc2ccccc2CC1. The van der Waals surface area contributed by atoms with Crippen LogP contribution in [0.3, 0.4) is 0 Å². The van der Waals surface area contributed by atoms with Crippen LogP contribution in [0.25, 0.3) is 0 Å². The van der Waals surface area contributed by atoms with Gasteiger partial charge >= 0.3 is 0 Å². The van der Waals surface area contributed by atoms with Crippen LogP contribution in [-0.4, -0.2) is 13.1 Å². The molecule has 2 heteroatoms. The number of hydrogen-bond acceptors (Lipinski definition) is 2. The van der Waals surface area contributed by atoms with Crippen LogP contribution in [0.5, 0.6) is 0 Å². The number of rotatable bonds is 1. The van der Waals surface area contributed by atoms with Gasteiger partial charge in [0.2, 0.25) is 0 Å². The van der Waals surface area contributed by atoms with Crippen molar-refractivity contribution >= 4 is 11.4 Å². The van der Waals surface area contributed by atoms with Crippen molar-refractivity contribution in [1.29, 1.82) is 0 Å². The van der Waals surface area contributed by atoms with Gasteiger partial charge in [-0.15, -0.1) is 0 Å². The summed E-state index contributed by atoms with van der Waals surface area (Å²) in [5.41, 5.74) is 12.4. The van der Waals surface area contributed by atoms with E-state index in [4.69, 9.17) is 5.73 Å². The fourth-order valence-corrected chi connectivity index (χ4v) is 2.88. The van der Waals surface area contributed by atoms with Gasteiger partial charge in [0.25, 0.3) is 0 Å². The number of aryl methyl sites for hydroxylation is 1. The van der Waals surface area contributed by atoms with Crippen molar-refractivity contribution < 1.29 is 0 Å². The molecule has 1 aliphatic heterocycles. The third-order valence-corrected chi connectivity index (χ3v) is 3.99. The highest BCUT2D eigenvalue weighted by atomic mass is 15.1. The van der Waals surface area contributed by atoms with E-state index >= 15 is 0 Å². The van der Waals surface area contributed by atoms with Crippen LogP contribution in [0, 0.1) is 6.92 Å². The van der Waals surface area contributed by atoms with E-state index in [1.165, 1.54) is 22.4 Å². The molecule has 0 saturated carbocycles. The molecule has 0 aromatic heterocycles. The Morgan fingerprint density at radius 3 is 2.21 bits per heavy atom. The summed E-state index contributed by atoms with van der Waals surface area (Å²) in [6.45, 7) is 4.30. The minimum absolute atomic E-state index is 0.849. The third-order valence-electron chi connectivity index (χ3n) is 3.99. The predicted molar refractivity (Wildman–Crippen MR) is 81.7 cm³/mol. The second-order valence-corrected chi connectivity index (χ2v) is 5.30. The Morgan fingerprint density at radius 2 is 1.58 bits per heavy atom. The molecule has 3 rings (SSSR count). The molecule has 0 radical (unpaired) electrons. The topological polar surface area (TPSA) is 29.3 Å². The molecule has 0 bridgehead atoms. The maximum absolute atomic E-state index is 5.93. The lowest BCUT2D eigenvalue weighted by atomic mass is 10.0. The van der Waals surface area contributed by atoms with E-state index in [0.29, 0.717) is 0 Å². The summed E-state index contributed by atoms with van der Waals surface area (Å²) >= 11 is 0. The van der Waals surface area contributed by atoms with Crippen molar-refractivity contribution in [2.45, 2.75) is 19.8 Å². The molecule has 0 spiro atoms. The van der Waals surface area contributed by atoms with Gasteiger partial charge < -0.3 is 10.6 Å². The first-order valence-electron chi connectivity index (χ1n) is 6.92. The van der Waals surface area contributed by atoms with E-state index < -0.39 is 0 Å². The largest absolute Gasteiger partial charge is 0.399 e. The lowest BCUT2D eigenvalue weighted by Crippen LogP contribution is -2.26. The van der Waals surface area contributed by atoms with Crippen LogP contribution in [-0.2, 0) is 12.8 Å². The number of nitrogen functional groups attached to an aromatic ring is 1. The molecule has 1 aliphatic rings. The number of nitrogens with zero attached hydrogens (tertiary/aromatic N) is 1. The lowest BCUT2D eigenvalue weighted by Gasteiger charge is -2.25. The van der Waals surface area contributed by atoms with E-state index in [1.54, 1.807) is 0 Å². The molecule has 2 N–H and O–H groups in total. The quantitative estimate of drug-likeness (QED) is 0.790. The first-order chi connectivity index (χ1) is 9.24. The molecule has 0 amide bonds. The van der Waals surface area contributed by atoms with Crippen LogP contribution >= 0.6 is 0 Å². The van der Waals surface area contributed by atoms with Crippen molar-refractivity contribution in [2.24, 2.45) is 0 Å². The van der Waals surface area contributed by atoms with Gasteiger partial charge in [0.15, 0.2) is 0 Å². The summed E-state index contributed by atoms with van der Waals surface area (Å²) in [6, 6.07) is 15.0. The molecular formula is C17H20N2. The highest BCUT2D eigenvalue weighted by Crippen LogP contribution is 2.26. The molecule has 0 aliphatic carbocycles. The molecule has 98 valence electrons. The van der Waals surface area contributed by atoms with Crippen molar-refractivity contribution in [2.75, 3.05) is 23.7 Å². The number of fused-ring (bicyclic) bond motifs is 1. The standard InChI is InChI=1S/C17H20N2/c1-13-6-7-16(18)12-17(13)19-10-8-14-4-2-3-5-15(14)9-11-19/h2-7,12H,8-11,18H2,1H3. The zero-order valence-corrected chi connectivity index (χ0v) is 11.4. The molecule has 2 aromatic carbocycles. The summed E-state index contributed by atoms with van der Waals surface area (Å²) in [6.07, 6.45) is 2.23. The maximum Gasteiger partial charge on any atom is 0.0416 e. The second-order valence-electron chi connectivity index (χ2n) is 5.30. The van der Waals surface area contributed by atoms with Gasteiger partial charge in [-0.05, 0) is 48.6 Å². The van der Waals surface area contributed by atoms with Crippen molar-refractivity contribution in [3.8, 4) is 0 Å². The second kappa shape index (κ2) is 4.96. The van der Waals surface area contributed by atoms with E-state index in [2.05, 4.69) is 48.2 Å². The number of anilines is 2. The molecule has 0 saturated heterocycles. The molecule has 19 heavy (non-hydrogen) atoms. The molecule has 0 unspecified atom stereocenters. The molecule has 0 atom stereocenters. The van der Waals surface area contributed by atoms with Crippen LogP contribution in [0.2, 0.25) is 0 Å². The van der Waals surface area contributed by atoms with Crippen LogP contribution < -0.4 is 10.6 Å². The fraction of sp³-hybridized carbons (Fsp3) is 0.294. The number of nitrogens with two attached hydrogens (primary N) is 1. The Kier molecular flexibility index (Phi) is 3.16. The minimum atomic E-state index is 0.849. The van der Waals surface area contributed by atoms with Gasteiger partial charge in [0.1, 0.15) is 0 Å². The smallest absolute Gasteiger partial charge is 0.0416 e. The summed E-state index contributed by atoms with van der Waals surface area (Å²) in [7, 11) is 0. The first kappa shape index (κ1) is 12.1. The number of hydrogen-bond donors (Lipinski definition) is 1. The average molecular weight is 252 g/mol. The van der Waals surface area contributed by atoms with Crippen molar-refractivity contribution in [3.63, 3.8) is 0 Å². The third kappa shape index (κ3) is 2.43. The molecular weight excluding hydrogens is 232 g/mol. The Bertz CT molecular complexity index is 563. The van der Waals surface area contributed by atoms with Crippen LogP contribution in [0.15, 0.2) is 42.5 Å². The summed E-state index contributed by atoms with van der Waals surface area (Å²) in [4.78, 5) is 2.46. The number of benzene rings is 2. The van der Waals surface area contributed by atoms with Gasteiger partial charge in [0, 0.05) is 24.5 Å². The van der Waals surface area contributed by atoms with Crippen LogP contribution in [0.4, 0.5) is 11.4 Å². The molecule has 0 fully saturated rings. The van der Waals surface area contributed by atoms with Crippen LogP contribution in [0.1, 0.15) is 16.7 Å². The van der Waals surface area contributed by atoms with Gasteiger partial charge in [-0.1, -0.05) is 30.3 Å². The summed E-state index contributed by atoms with van der Waals surface area (Å²) in [5.74, 6) is 0. The van der Waals surface area contributed by atoms with Crippen molar-refractivity contribution in [1.82, 2.24) is 0 Å². The van der Waals surface area contributed by atoms with E-state index in [9.17, 15) is 0 Å². The summed E-state index contributed by atoms with van der Waals surface area (Å²) in [5, 5.41) is 0. The molecule has 1 heterocycles. The zero-order chi connectivity index (χ0) is 13.2. The summed E-state index contributed by atoms with van der Waals surface area (Å²) < 4.78 is 0. The van der Waals surface area contributed by atoms with E-state index in [0.717, 1.165) is 31.6 Å². The van der Waals surface area contributed by atoms with Gasteiger partial charge in [0.05, 0.1) is 0 Å².